The van der Waals surface area contributed by atoms with Crippen molar-refractivity contribution in [3.8, 4) is 0 Å². The summed E-state index contributed by atoms with van der Waals surface area (Å²) in [4.78, 5) is 6.89. The van der Waals surface area contributed by atoms with Gasteiger partial charge in [-0.25, -0.2) is 4.98 Å². The molecular formula is C11H19N3S. The molecule has 0 aromatic carbocycles. The van der Waals surface area contributed by atoms with Gasteiger partial charge in [-0.2, -0.15) is 0 Å². The third-order valence-electron chi connectivity index (χ3n) is 3.27. The zero-order valence-electron chi connectivity index (χ0n) is 9.66. The lowest BCUT2D eigenvalue weighted by atomic mass is 9.97. The Kier molecular flexibility index (Phi) is 3.09. The number of hydrogen-bond acceptors (Lipinski definition) is 4. The number of aromatic nitrogens is 1. The maximum absolute atomic E-state index is 4.49. The largest absolute Gasteiger partial charge is 0.305 e. The second kappa shape index (κ2) is 4.20. The third kappa shape index (κ3) is 1.94. The van der Waals surface area contributed by atoms with Crippen LogP contribution in [0.4, 0.5) is 0 Å². The van der Waals surface area contributed by atoms with Crippen LogP contribution in [0, 0.1) is 0 Å². The van der Waals surface area contributed by atoms with E-state index in [0.717, 1.165) is 19.5 Å². The number of likely N-dealkylation sites (N-methyl/N-ethyl adjacent to an activating group) is 2. The molecule has 0 amide bonds. The molecule has 2 unspecified atom stereocenters. The van der Waals surface area contributed by atoms with E-state index in [0.29, 0.717) is 6.04 Å². The van der Waals surface area contributed by atoms with Crippen molar-refractivity contribution in [1.82, 2.24) is 15.2 Å². The molecule has 3 nitrogen and oxygen atoms in total. The van der Waals surface area contributed by atoms with Crippen molar-refractivity contribution in [3.05, 3.63) is 16.6 Å². The van der Waals surface area contributed by atoms with Gasteiger partial charge in [-0.15, -0.1) is 11.3 Å². The summed E-state index contributed by atoms with van der Waals surface area (Å²) in [7, 11) is 2.19. The molecule has 84 valence electrons. The Bertz CT molecular complexity index is 300. The molecular weight excluding hydrogens is 206 g/mol. The van der Waals surface area contributed by atoms with E-state index in [1.807, 2.05) is 6.20 Å². The minimum Gasteiger partial charge on any atom is -0.305 e. The van der Waals surface area contributed by atoms with Crippen LogP contribution < -0.4 is 5.32 Å². The highest BCUT2D eigenvalue weighted by Crippen LogP contribution is 2.35. The van der Waals surface area contributed by atoms with Gasteiger partial charge in [-0.05, 0) is 26.9 Å². The van der Waals surface area contributed by atoms with Gasteiger partial charge >= 0.3 is 0 Å². The van der Waals surface area contributed by atoms with Crippen LogP contribution in [0.3, 0.4) is 0 Å². The first-order valence-electron chi connectivity index (χ1n) is 5.53. The zero-order valence-corrected chi connectivity index (χ0v) is 10.5. The van der Waals surface area contributed by atoms with Gasteiger partial charge in [0.25, 0.3) is 0 Å². The molecule has 0 spiro atoms. The van der Waals surface area contributed by atoms with Crippen LogP contribution in [0.1, 0.15) is 25.3 Å². The summed E-state index contributed by atoms with van der Waals surface area (Å²) < 4.78 is 0. The van der Waals surface area contributed by atoms with Crippen molar-refractivity contribution < 1.29 is 0 Å². The van der Waals surface area contributed by atoms with Crippen molar-refractivity contribution in [2.75, 3.05) is 20.1 Å². The second-order valence-electron chi connectivity index (χ2n) is 4.42. The highest BCUT2D eigenvalue weighted by atomic mass is 32.1. The fourth-order valence-corrected chi connectivity index (χ4v) is 3.28. The molecule has 1 fully saturated rings. The van der Waals surface area contributed by atoms with E-state index in [4.69, 9.17) is 0 Å². The molecule has 1 saturated heterocycles. The summed E-state index contributed by atoms with van der Waals surface area (Å²) in [6.45, 7) is 6.51. The average molecular weight is 225 g/mol. The Morgan fingerprint density at radius 2 is 2.53 bits per heavy atom. The molecule has 0 aliphatic carbocycles. The van der Waals surface area contributed by atoms with Gasteiger partial charge in [0.2, 0.25) is 0 Å². The predicted octanol–water partition coefficient (Wildman–Crippen LogP) is 1.67. The molecule has 2 rings (SSSR count). The van der Waals surface area contributed by atoms with E-state index in [9.17, 15) is 0 Å². The maximum atomic E-state index is 4.49. The highest BCUT2D eigenvalue weighted by molar-refractivity contribution is 7.09. The SMILES string of the molecule is CCNC1(c2nccs2)CC(C)N(C)C1. The molecule has 1 N–H and O–H groups in total. The Hall–Kier alpha value is -0.450. The summed E-state index contributed by atoms with van der Waals surface area (Å²) in [6.07, 6.45) is 3.06. The minimum absolute atomic E-state index is 0.0943. The Labute approximate surface area is 95.5 Å². The number of thiazole rings is 1. The van der Waals surface area contributed by atoms with E-state index in [1.165, 1.54) is 5.01 Å². The van der Waals surface area contributed by atoms with E-state index in [1.54, 1.807) is 11.3 Å². The van der Waals surface area contributed by atoms with Crippen LogP contribution in [0.25, 0.3) is 0 Å². The van der Waals surface area contributed by atoms with Crippen molar-refractivity contribution in [2.24, 2.45) is 0 Å². The first-order chi connectivity index (χ1) is 7.18. The first kappa shape index (κ1) is 11.0. The Morgan fingerprint density at radius 1 is 1.73 bits per heavy atom. The van der Waals surface area contributed by atoms with Gasteiger partial charge in [0.15, 0.2) is 0 Å². The first-order valence-corrected chi connectivity index (χ1v) is 6.41. The van der Waals surface area contributed by atoms with Crippen LogP contribution in [0.2, 0.25) is 0 Å². The van der Waals surface area contributed by atoms with Crippen LogP contribution in [-0.4, -0.2) is 36.1 Å². The lowest BCUT2D eigenvalue weighted by molar-refractivity contribution is 0.301. The third-order valence-corrected chi connectivity index (χ3v) is 4.25. The summed E-state index contributed by atoms with van der Waals surface area (Å²) >= 11 is 1.76. The molecule has 0 radical (unpaired) electrons. The molecule has 15 heavy (non-hydrogen) atoms. The average Bonchev–Trinajstić information content (AvgIpc) is 2.77. The standard InChI is InChI=1S/C11H19N3S/c1-4-13-11(10-12-5-6-15-10)7-9(2)14(3)8-11/h5-6,9,13H,4,7-8H2,1-3H3. The molecule has 1 aliphatic rings. The molecule has 2 heterocycles. The Balaban J connectivity index is 2.26. The lowest BCUT2D eigenvalue weighted by Gasteiger charge is -2.27. The Morgan fingerprint density at radius 3 is 3.00 bits per heavy atom. The van der Waals surface area contributed by atoms with Gasteiger partial charge in [0, 0.05) is 24.2 Å². The monoisotopic (exact) mass is 225 g/mol. The quantitative estimate of drug-likeness (QED) is 0.848. The second-order valence-corrected chi connectivity index (χ2v) is 5.31. The molecule has 1 aromatic rings. The molecule has 0 saturated carbocycles. The van der Waals surface area contributed by atoms with Crippen LogP contribution in [0.5, 0.6) is 0 Å². The van der Waals surface area contributed by atoms with E-state index in [2.05, 4.69) is 41.5 Å². The van der Waals surface area contributed by atoms with Gasteiger partial charge < -0.3 is 10.2 Å². The normalized spacial score (nSPS) is 32.3. The zero-order chi connectivity index (χ0) is 10.9. The summed E-state index contributed by atoms with van der Waals surface area (Å²) in [6, 6.07) is 0.632. The molecule has 2 atom stereocenters. The predicted molar refractivity (Wildman–Crippen MR) is 64.2 cm³/mol. The van der Waals surface area contributed by atoms with Crippen molar-refractivity contribution in [2.45, 2.75) is 31.8 Å². The van der Waals surface area contributed by atoms with Crippen LogP contribution in [-0.2, 0) is 5.54 Å². The number of rotatable bonds is 3. The molecule has 1 aromatic heterocycles. The fraction of sp³-hybridized carbons (Fsp3) is 0.727. The molecule has 1 aliphatic heterocycles. The summed E-state index contributed by atoms with van der Waals surface area (Å²) in [5.74, 6) is 0. The van der Waals surface area contributed by atoms with Crippen molar-refractivity contribution in [3.63, 3.8) is 0 Å². The number of nitrogens with one attached hydrogen (secondary N) is 1. The van der Waals surface area contributed by atoms with Crippen molar-refractivity contribution >= 4 is 11.3 Å². The van der Waals surface area contributed by atoms with Crippen LogP contribution in [0.15, 0.2) is 11.6 Å². The molecule has 0 bridgehead atoms. The summed E-state index contributed by atoms with van der Waals surface area (Å²) in [5, 5.41) is 6.93. The van der Waals surface area contributed by atoms with Gasteiger partial charge in [-0.3, -0.25) is 0 Å². The van der Waals surface area contributed by atoms with Gasteiger partial charge in [0.1, 0.15) is 5.01 Å². The van der Waals surface area contributed by atoms with Gasteiger partial charge in [0.05, 0.1) is 5.54 Å². The molecule has 4 heteroatoms. The number of nitrogens with zero attached hydrogens (tertiary/aromatic N) is 2. The lowest BCUT2D eigenvalue weighted by Crippen LogP contribution is -2.44. The minimum atomic E-state index is 0.0943. The van der Waals surface area contributed by atoms with Crippen molar-refractivity contribution in [1.29, 1.82) is 0 Å². The van der Waals surface area contributed by atoms with Crippen LogP contribution >= 0.6 is 11.3 Å². The highest BCUT2D eigenvalue weighted by Gasteiger charge is 2.43. The van der Waals surface area contributed by atoms with Gasteiger partial charge in [-0.1, -0.05) is 6.92 Å². The summed E-state index contributed by atoms with van der Waals surface area (Å²) in [5.41, 5.74) is 0.0943. The fourth-order valence-electron chi connectivity index (χ4n) is 2.46. The van der Waals surface area contributed by atoms with E-state index in [-0.39, 0.29) is 5.54 Å². The smallest absolute Gasteiger partial charge is 0.114 e. The maximum Gasteiger partial charge on any atom is 0.114 e. The number of likely N-dealkylation sites (tertiary alicyclic amines) is 1. The topological polar surface area (TPSA) is 28.2 Å². The van der Waals surface area contributed by atoms with E-state index >= 15 is 0 Å². The number of hydrogen-bond donors (Lipinski definition) is 1. The van der Waals surface area contributed by atoms with E-state index < -0.39 is 0 Å².